The Labute approximate surface area is 126 Å². The molecule has 0 aliphatic heterocycles. The second-order valence-corrected chi connectivity index (χ2v) is 5.45. The van der Waals surface area contributed by atoms with Gasteiger partial charge in [0.1, 0.15) is 12.4 Å². The summed E-state index contributed by atoms with van der Waals surface area (Å²) >= 11 is 0. The molecular formula is C17H23N3O. The zero-order valence-corrected chi connectivity index (χ0v) is 12.9. The van der Waals surface area contributed by atoms with Gasteiger partial charge in [-0.1, -0.05) is 6.07 Å². The molecule has 0 bridgehead atoms. The number of rotatable bonds is 6. The predicted molar refractivity (Wildman–Crippen MR) is 86.9 cm³/mol. The molecule has 1 heterocycles. The predicted octanol–water partition coefficient (Wildman–Crippen LogP) is 2.83. The van der Waals surface area contributed by atoms with Gasteiger partial charge in [0.05, 0.1) is 12.2 Å². The van der Waals surface area contributed by atoms with Crippen LogP contribution in [-0.4, -0.2) is 24.2 Å². The molecule has 0 spiro atoms. The normalized spacial score (nSPS) is 12.0. The fraction of sp³-hybridized carbons (Fsp3) is 0.353. The summed E-state index contributed by atoms with van der Waals surface area (Å²) in [6, 6.07) is 8.19. The van der Waals surface area contributed by atoms with Gasteiger partial charge >= 0.3 is 0 Å². The highest BCUT2D eigenvalue weighted by molar-refractivity contribution is 5.48. The summed E-state index contributed by atoms with van der Waals surface area (Å²) in [5.74, 6) is 0.761. The second kappa shape index (κ2) is 7.09. The molecule has 1 atom stereocenters. The quantitative estimate of drug-likeness (QED) is 0.857. The fourth-order valence-corrected chi connectivity index (χ4v) is 1.97. The van der Waals surface area contributed by atoms with E-state index in [9.17, 15) is 0 Å². The van der Waals surface area contributed by atoms with Crippen molar-refractivity contribution in [1.29, 1.82) is 0 Å². The summed E-state index contributed by atoms with van der Waals surface area (Å²) in [5, 5.41) is 3.34. The summed E-state index contributed by atoms with van der Waals surface area (Å²) in [6.45, 7) is 7.33. The molecule has 4 nitrogen and oxygen atoms in total. The molecule has 0 saturated heterocycles. The molecular weight excluding hydrogens is 262 g/mol. The smallest absolute Gasteiger partial charge is 0.137 e. The van der Waals surface area contributed by atoms with E-state index in [-0.39, 0.29) is 6.04 Å². The number of nitrogens with zero attached hydrogens (tertiary/aromatic N) is 1. The highest BCUT2D eigenvalue weighted by Crippen LogP contribution is 2.14. The van der Waals surface area contributed by atoms with Crippen LogP contribution >= 0.6 is 0 Å². The number of hydrogen-bond donors (Lipinski definition) is 2. The molecule has 1 aromatic carbocycles. The Morgan fingerprint density at radius 3 is 2.67 bits per heavy atom. The lowest BCUT2D eigenvalue weighted by molar-refractivity contribution is 0.292. The van der Waals surface area contributed by atoms with Gasteiger partial charge in [0.25, 0.3) is 0 Å². The Morgan fingerprint density at radius 2 is 1.95 bits per heavy atom. The topological polar surface area (TPSA) is 60.2 Å². The zero-order chi connectivity index (χ0) is 15.2. The maximum absolute atomic E-state index is 6.07. The Morgan fingerprint density at radius 1 is 1.14 bits per heavy atom. The van der Waals surface area contributed by atoms with Crippen molar-refractivity contribution in [3.8, 4) is 5.75 Å². The molecule has 3 N–H and O–H groups in total. The van der Waals surface area contributed by atoms with Crippen LogP contribution in [0.5, 0.6) is 5.75 Å². The van der Waals surface area contributed by atoms with Crippen LogP contribution in [0.15, 0.2) is 36.7 Å². The van der Waals surface area contributed by atoms with Crippen LogP contribution < -0.4 is 15.8 Å². The molecule has 4 heteroatoms. The van der Waals surface area contributed by atoms with Gasteiger partial charge in [-0.3, -0.25) is 4.98 Å². The van der Waals surface area contributed by atoms with Crippen molar-refractivity contribution in [2.75, 3.05) is 18.5 Å². The third kappa shape index (κ3) is 4.76. The van der Waals surface area contributed by atoms with Gasteiger partial charge in [0.2, 0.25) is 0 Å². The van der Waals surface area contributed by atoms with Crippen molar-refractivity contribution in [2.45, 2.75) is 26.8 Å². The molecule has 0 amide bonds. The first-order valence-electron chi connectivity index (χ1n) is 7.16. The minimum absolute atomic E-state index is 0.0767. The molecule has 21 heavy (non-hydrogen) atoms. The number of benzene rings is 1. The largest absolute Gasteiger partial charge is 0.490 e. The van der Waals surface area contributed by atoms with Gasteiger partial charge < -0.3 is 15.8 Å². The summed E-state index contributed by atoms with van der Waals surface area (Å²) in [4.78, 5) is 4.09. The van der Waals surface area contributed by atoms with Crippen LogP contribution in [0.1, 0.15) is 16.7 Å². The Kier molecular flexibility index (Phi) is 5.17. The molecule has 1 aromatic heterocycles. The summed E-state index contributed by atoms with van der Waals surface area (Å²) in [6.07, 6.45) is 3.50. The van der Waals surface area contributed by atoms with E-state index < -0.39 is 0 Å². The molecule has 2 rings (SSSR count). The van der Waals surface area contributed by atoms with Crippen molar-refractivity contribution in [3.05, 3.63) is 53.3 Å². The van der Waals surface area contributed by atoms with Gasteiger partial charge in [-0.05, 0) is 55.7 Å². The summed E-state index contributed by atoms with van der Waals surface area (Å²) in [5.41, 5.74) is 10.8. The van der Waals surface area contributed by atoms with E-state index in [0.29, 0.717) is 13.2 Å². The second-order valence-electron chi connectivity index (χ2n) is 5.45. The van der Waals surface area contributed by atoms with Crippen LogP contribution in [0.2, 0.25) is 0 Å². The Hall–Kier alpha value is -2.07. The van der Waals surface area contributed by atoms with Crippen LogP contribution in [0.25, 0.3) is 0 Å². The van der Waals surface area contributed by atoms with Crippen molar-refractivity contribution < 1.29 is 4.74 Å². The molecule has 2 aromatic rings. The molecule has 0 saturated carbocycles. The summed E-state index contributed by atoms with van der Waals surface area (Å²) < 4.78 is 5.65. The van der Waals surface area contributed by atoms with E-state index in [2.05, 4.69) is 42.3 Å². The van der Waals surface area contributed by atoms with E-state index in [1.807, 2.05) is 13.0 Å². The lowest BCUT2D eigenvalue weighted by Gasteiger charge is -2.15. The number of aromatic nitrogens is 1. The minimum atomic E-state index is -0.0767. The average molecular weight is 285 g/mol. The highest BCUT2D eigenvalue weighted by atomic mass is 16.5. The standard InChI is InChI=1S/C17H23N3O/c1-12-6-17(10-19-8-12)21-11-15(18)9-20-16-5-4-13(2)14(3)7-16/h4-8,10,15,20H,9,11,18H2,1-3H3. The molecule has 0 radical (unpaired) electrons. The van der Waals surface area contributed by atoms with E-state index in [4.69, 9.17) is 10.5 Å². The van der Waals surface area contributed by atoms with E-state index in [1.165, 1.54) is 11.1 Å². The molecule has 1 unspecified atom stereocenters. The number of anilines is 1. The summed E-state index contributed by atoms with van der Waals surface area (Å²) in [7, 11) is 0. The van der Waals surface area contributed by atoms with Crippen LogP contribution in [0.4, 0.5) is 5.69 Å². The van der Waals surface area contributed by atoms with Gasteiger partial charge in [0.15, 0.2) is 0 Å². The fourth-order valence-electron chi connectivity index (χ4n) is 1.97. The first-order valence-corrected chi connectivity index (χ1v) is 7.16. The van der Waals surface area contributed by atoms with E-state index in [0.717, 1.165) is 17.0 Å². The van der Waals surface area contributed by atoms with Gasteiger partial charge in [0, 0.05) is 18.4 Å². The van der Waals surface area contributed by atoms with Crippen molar-refractivity contribution in [2.24, 2.45) is 5.73 Å². The maximum atomic E-state index is 6.07. The van der Waals surface area contributed by atoms with E-state index >= 15 is 0 Å². The third-order valence-corrected chi connectivity index (χ3v) is 3.39. The number of ether oxygens (including phenoxy) is 1. The van der Waals surface area contributed by atoms with Crippen molar-refractivity contribution in [3.63, 3.8) is 0 Å². The molecule has 112 valence electrons. The van der Waals surface area contributed by atoms with E-state index in [1.54, 1.807) is 12.4 Å². The SMILES string of the molecule is Cc1cncc(OCC(N)CNc2ccc(C)c(C)c2)c1. The van der Waals surface area contributed by atoms with Gasteiger partial charge in [-0.2, -0.15) is 0 Å². The lowest BCUT2D eigenvalue weighted by atomic mass is 10.1. The number of nitrogens with two attached hydrogens (primary N) is 1. The third-order valence-electron chi connectivity index (χ3n) is 3.39. The van der Waals surface area contributed by atoms with Gasteiger partial charge in [-0.25, -0.2) is 0 Å². The average Bonchev–Trinajstić information content (AvgIpc) is 2.46. The molecule has 0 aliphatic carbocycles. The first-order chi connectivity index (χ1) is 10.0. The van der Waals surface area contributed by atoms with Crippen LogP contribution in [0.3, 0.4) is 0 Å². The molecule has 0 aliphatic rings. The minimum Gasteiger partial charge on any atom is -0.490 e. The Balaban J connectivity index is 1.79. The molecule has 0 fully saturated rings. The van der Waals surface area contributed by atoms with Crippen molar-refractivity contribution >= 4 is 5.69 Å². The number of aryl methyl sites for hydroxylation is 3. The first kappa shape index (κ1) is 15.3. The number of hydrogen-bond acceptors (Lipinski definition) is 4. The van der Waals surface area contributed by atoms with Gasteiger partial charge in [-0.15, -0.1) is 0 Å². The van der Waals surface area contributed by atoms with Crippen molar-refractivity contribution in [1.82, 2.24) is 4.98 Å². The highest BCUT2D eigenvalue weighted by Gasteiger charge is 2.05. The maximum Gasteiger partial charge on any atom is 0.137 e. The lowest BCUT2D eigenvalue weighted by Crippen LogP contribution is -2.35. The van der Waals surface area contributed by atoms with Crippen LogP contribution in [0, 0.1) is 20.8 Å². The van der Waals surface area contributed by atoms with Crippen LogP contribution in [-0.2, 0) is 0 Å². The zero-order valence-electron chi connectivity index (χ0n) is 12.9. The number of nitrogens with one attached hydrogen (secondary N) is 1. The Bertz CT molecular complexity index is 598. The monoisotopic (exact) mass is 285 g/mol. The number of pyridine rings is 1.